The van der Waals surface area contributed by atoms with E-state index in [0.29, 0.717) is 78.2 Å². The number of hydrogen-bond acceptors (Lipinski definition) is 10. The maximum absolute atomic E-state index is 14.2. The van der Waals surface area contributed by atoms with Gasteiger partial charge in [-0.3, -0.25) is 19.4 Å². The summed E-state index contributed by atoms with van der Waals surface area (Å²) in [5, 5.41) is 2.67. The molecule has 6 rings (SSSR count). The van der Waals surface area contributed by atoms with Gasteiger partial charge in [0, 0.05) is 89.6 Å². The highest BCUT2D eigenvalue weighted by molar-refractivity contribution is 6.33. The van der Waals surface area contributed by atoms with Crippen LogP contribution in [0, 0.1) is 0 Å². The number of esters is 1. The Morgan fingerprint density at radius 3 is 2.22 bits per heavy atom. The summed E-state index contributed by atoms with van der Waals surface area (Å²) in [6.07, 6.45) is -4.01. The van der Waals surface area contributed by atoms with Gasteiger partial charge in [0.25, 0.3) is 5.91 Å². The first-order valence-corrected chi connectivity index (χ1v) is 21.2. The third-order valence-electron chi connectivity index (χ3n) is 12.4. The third-order valence-corrected chi connectivity index (χ3v) is 12.7. The number of nitrogens with two attached hydrogens (primary N) is 1. The number of piperidine rings is 2. The molecule has 4 heterocycles. The van der Waals surface area contributed by atoms with E-state index in [2.05, 4.69) is 15.1 Å². The van der Waals surface area contributed by atoms with Gasteiger partial charge in [-0.25, -0.2) is 9.59 Å². The van der Waals surface area contributed by atoms with Gasteiger partial charge in [-0.1, -0.05) is 29.8 Å². The summed E-state index contributed by atoms with van der Waals surface area (Å²) < 4.78 is 53.3. The van der Waals surface area contributed by atoms with Crippen LogP contribution in [0.1, 0.15) is 56.2 Å². The number of ether oxygens (including phenoxy) is 2. The molecule has 14 nitrogen and oxygen atoms in total. The number of likely N-dealkylation sites (N-methyl/N-ethyl adjacent to an activating group) is 1. The molecule has 3 N–H and O–H groups in total. The lowest BCUT2D eigenvalue weighted by atomic mass is 9.95. The molecule has 4 aliphatic rings. The second-order valence-electron chi connectivity index (χ2n) is 16.9. The average molecular weight is 863 g/mol. The van der Waals surface area contributed by atoms with Crippen molar-refractivity contribution in [1.82, 2.24) is 29.4 Å². The number of carbonyl (C=O) groups excluding carboxylic acids is 4. The first-order valence-electron chi connectivity index (χ1n) is 20.8. The molecule has 0 saturated carbocycles. The molecule has 0 radical (unpaired) electrons. The second kappa shape index (κ2) is 19.2. The van der Waals surface area contributed by atoms with Crippen molar-refractivity contribution in [2.75, 3.05) is 97.2 Å². The number of likely N-dealkylation sites (tertiary alicyclic amines) is 2. The van der Waals surface area contributed by atoms with E-state index in [4.69, 9.17) is 26.8 Å². The zero-order valence-electron chi connectivity index (χ0n) is 34.9. The van der Waals surface area contributed by atoms with E-state index < -0.39 is 41.1 Å². The van der Waals surface area contributed by atoms with E-state index >= 15 is 0 Å². The molecule has 330 valence electrons. The number of fused-ring (bicyclic) bond motifs is 1. The molecule has 4 aliphatic heterocycles. The number of alkyl halides is 3. The van der Waals surface area contributed by atoms with Gasteiger partial charge in [-0.05, 0) is 89.4 Å². The number of halogens is 4. The molecule has 2 aromatic rings. The van der Waals surface area contributed by atoms with Crippen molar-refractivity contribution in [3.05, 3.63) is 58.1 Å². The fourth-order valence-electron chi connectivity index (χ4n) is 8.64. The van der Waals surface area contributed by atoms with Crippen LogP contribution in [0.4, 0.5) is 34.1 Å². The number of benzene rings is 2. The van der Waals surface area contributed by atoms with Gasteiger partial charge >= 0.3 is 24.3 Å². The number of piperazine rings is 1. The minimum atomic E-state index is -4.80. The van der Waals surface area contributed by atoms with Crippen LogP contribution in [0.3, 0.4) is 0 Å². The first kappa shape index (κ1) is 45.2. The van der Waals surface area contributed by atoms with Crippen LogP contribution in [-0.4, -0.2) is 163 Å². The van der Waals surface area contributed by atoms with E-state index in [1.54, 1.807) is 9.80 Å². The van der Waals surface area contributed by atoms with Crippen LogP contribution in [0.5, 0.6) is 0 Å². The van der Waals surface area contributed by atoms with Gasteiger partial charge in [-0.2, -0.15) is 13.2 Å². The fraction of sp³-hybridized carbons (Fsp3) is 0.619. The van der Waals surface area contributed by atoms with Crippen molar-refractivity contribution in [2.45, 2.75) is 82.3 Å². The first-order chi connectivity index (χ1) is 28.4. The Kier molecular flexibility index (Phi) is 14.4. The molecule has 0 aromatic heterocycles. The molecule has 0 aliphatic carbocycles. The van der Waals surface area contributed by atoms with Crippen LogP contribution in [0.2, 0.25) is 5.02 Å². The molecule has 3 fully saturated rings. The van der Waals surface area contributed by atoms with Crippen molar-refractivity contribution in [1.29, 1.82) is 0 Å². The molecule has 0 bridgehead atoms. The van der Waals surface area contributed by atoms with Gasteiger partial charge in [0.15, 0.2) is 6.10 Å². The summed E-state index contributed by atoms with van der Waals surface area (Å²) in [7, 11) is 3.85. The minimum Gasteiger partial charge on any atom is -0.463 e. The Hall–Kier alpha value is -4.32. The van der Waals surface area contributed by atoms with Gasteiger partial charge < -0.3 is 40.1 Å². The van der Waals surface area contributed by atoms with Crippen molar-refractivity contribution in [2.24, 2.45) is 0 Å². The fourth-order valence-corrected chi connectivity index (χ4v) is 8.88. The van der Waals surface area contributed by atoms with Gasteiger partial charge in [0.2, 0.25) is 0 Å². The van der Waals surface area contributed by atoms with E-state index in [9.17, 15) is 32.3 Å². The normalized spacial score (nSPS) is 19.8. The van der Waals surface area contributed by atoms with Crippen LogP contribution >= 0.6 is 11.6 Å². The zero-order valence-corrected chi connectivity index (χ0v) is 35.7. The number of rotatable bonds is 11. The number of para-hydroxylation sites is 1. The van der Waals surface area contributed by atoms with Crippen molar-refractivity contribution >= 4 is 47.0 Å². The second-order valence-corrected chi connectivity index (χ2v) is 17.3. The van der Waals surface area contributed by atoms with Crippen LogP contribution in [0.15, 0.2) is 36.4 Å². The van der Waals surface area contributed by atoms with Gasteiger partial charge in [-0.15, -0.1) is 0 Å². The Balaban J connectivity index is 1.07. The highest BCUT2D eigenvalue weighted by Gasteiger charge is 2.41. The number of carbonyl (C=O) groups is 4. The molecule has 60 heavy (non-hydrogen) atoms. The Morgan fingerprint density at radius 2 is 1.57 bits per heavy atom. The topological polar surface area (TPSA) is 144 Å². The lowest BCUT2D eigenvalue weighted by Gasteiger charge is -2.46. The maximum Gasteiger partial charge on any atom is 0.418 e. The molecule has 1 atom stereocenters. The lowest BCUT2D eigenvalue weighted by Crippen LogP contribution is -2.59. The predicted octanol–water partition coefficient (Wildman–Crippen LogP) is 5.04. The molecule has 2 aromatic carbocycles. The lowest BCUT2D eigenvalue weighted by molar-refractivity contribution is -0.157. The van der Waals surface area contributed by atoms with Crippen molar-refractivity contribution in [3.63, 3.8) is 0 Å². The quantitative estimate of drug-likeness (QED) is 0.233. The SMILES string of the molecule is CN(C)CCOC(=O)C(C)(C)N1CCC(N2CCN(C(=O)C(Cc3cc(Cl)c(N)c(C(F)(F)F)c3)OC(=O)N3CCC(N4CCc5ccccc5NC4=O)CC3)CC2)CC1. The number of nitrogen functional groups attached to an aromatic ring is 1. The number of urea groups is 1. The molecule has 1 unspecified atom stereocenters. The smallest absolute Gasteiger partial charge is 0.418 e. The molecule has 3 saturated heterocycles. The minimum absolute atomic E-state index is 0.0504. The summed E-state index contributed by atoms with van der Waals surface area (Å²) in [6.45, 7) is 8.99. The zero-order chi connectivity index (χ0) is 43.4. The standard InChI is InChI=1S/C42H58ClF3N8O6/c1-41(2,38(56)59-24-23-49(3)4)53-16-12-30(13-17-53)50-19-21-51(22-20-50)37(55)35(27-28-25-32(42(44,45)46)36(47)33(43)26-28)60-40(58)52-14-10-31(11-15-52)54-18-9-29-7-5-6-8-34(29)48-39(54)57/h5-8,25-26,30-31,35H,9-24,27,47H2,1-4H3,(H,48,57). The molecular formula is C42H58ClF3N8O6. The predicted molar refractivity (Wildman–Crippen MR) is 222 cm³/mol. The number of anilines is 2. The monoisotopic (exact) mass is 862 g/mol. The number of hydrogen-bond donors (Lipinski definition) is 2. The van der Waals surface area contributed by atoms with Gasteiger partial charge in [0.1, 0.15) is 12.1 Å². The maximum atomic E-state index is 14.2. The summed E-state index contributed by atoms with van der Waals surface area (Å²) in [6, 6.07) is 9.70. The van der Waals surface area contributed by atoms with Crippen molar-refractivity contribution < 1.29 is 41.8 Å². The Bertz CT molecular complexity index is 1860. The van der Waals surface area contributed by atoms with E-state index in [-0.39, 0.29) is 54.2 Å². The molecule has 4 amide bonds. The summed E-state index contributed by atoms with van der Waals surface area (Å²) in [5.74, 6) is -0.761. The molecular weight excluding hydrogens is 805 g/mol. The Labute approximate surface area is 355 Å². The summed E-state index contributed by atoms with van der Waals surface area (Å²) in [4.78, 5) is 65.3. The number of nitrogens with zero attached hydrogens (tertiary/aromatic N) is 6. The third kappa shape index (κ3) is 10.8. The molecule has 0 spiro atoms. The van der Waals surface area contributed by atoms with E-state index in [1.165, 1.54) is 11.0 Å². The van der Waals surface area contributed by atoms with Gasteiger partial charge in [0.05, 0.1) is 16.3 Å². The highest BCUT2D eigenvalue weighted by atomic mass is 35.5. The van der Waals surface area contributed by atoms with Crippen LogP contribution < -0.4 is 11.1 Å². The largest absolute Gasteiger partial charge is 0.463 e. The van der Waals surface area contributed by atoms with Crippen molar-refractivity contribution in [3.8, 4) is 0 Å². The summed E-state index contributed by atoms with van der Waals surface area (Å²) in [5.41, 5.74) is 5.06. The van der Waals surface area contributed by atoms with E-state index in [1.807, 2.05) is 57.1 Å². The summed E-state index contributed by atoms with van der Waals surface area (Å²) >= 11 is 6.16. The molecule has 18 heteroatoms. The number of amides is 4. The Morgan fingerprint density at radius 1 is 0.917 bits per heavy atom. The highest BCUT2D eigenvalue weighted by Crippen LogP contribution is 2.38. The number of nitrogens with one attached hydrogen (secondary N) is 1. The van der Waals surface area contributed by atoms with Crippen LogP contribution in [0.25, 0.3) is 0 Å². The van der Waals surface area contributed by atoms with E-state index in [0.717, 1.165) is 30.2 Å². The van der Waals surface area contributed by atoms with Crippen LogP contribution in [-0.2, 0) is 38.1 Å². The average Bonchev–Trinajstić information content (AvgIpc) is 3.39.